The lowest BCUT2D eigenvalue weighted by molar-refractivity contribution is 0.339. The lowest BCUT2D eigenvalue weighted by atomic mass is 10.0. The fourth-order valence-corrected chi connectivity index (χ4v) is 4.63. The van der Waals surface area contributed by atoms with Crippen molar-refractivity contribution in [2.24, 2.45) is 0 Å². The predicted octanol–water partition coefficient (Wildman–Crippen LogP) is 3.99. The number of phenolic OH excluding ortho intramolecular Hbond substituents is 1. The Hall–Kier alpha value is -3.09. The summed E-state index contributed by atoms with van der Waals surface area (Å²) >= 11 is 0. The summed E-state index contributed by atoms with van der Waals surface area (Å²) in [5.74, 6) is 0.0453. The molecule has 0 amide bonds. The van der Waals surface area contributed by atoms with E-state index in [0.717, 1.165) is 11.1 Å². The SMILES string of the molecule is Cc1ccc(C2=C[C@H](c3ccccc3O)N(S(=O)(=O)c3ccccc3)N2)cc1. The van der Waals surface area contributed by atoms with Gasteiger partial charge in [-0.05, 0) is 36.8 Å². The molecule has 0 saturated carbocycles. The molecule has 6 heteroatoms. The van der Waals surface area contributed by atoms with Gasteiger partial charge in [0.15, 0.2) is 0 Å². The maximum Gasteiger partial charge on any atom is 0.260 e. The zero-order valence-corrected chi connectivity index (χ0v) is 16.1. The van der Waals surface area contributed by atoms with Gasteiger partial charge in [0.05, 0.1) is 16.6 Å². The molecule has 2 N–H and O–H groups in total. The smallest absolute Gasteiger partial charge is 0.260 e. The van der Waals surface area contributed by atoms with Crippen LogP contribution in [0.3, 0.4) is 0 Å². The van der Waals surface area contributed by atoms with Crippen LogP contribution in [0.15, 0.2) is 89.8 Å². The zero-order valence-electron chi connectivity index (χ0n) is 15.3. The van der Waals surface area contributed by atoms with E-state index in [2.05, 4.69) is 5.43 Å². The lowest BCUT2D eigenvalue weighted by Crippen LogP contribution is -2.39. The molecule has 0 spiro atoms. The first-order valence-electron chi connectivity index (χ1n) is 8.90. The number of nitrogens with one attached hydrogen (secondary N) is 1. The third kappa shape index (κ3) is 3.28. The summed E-state index contributed by atoms with van der Waals surface area (Å²) in [6, 6.07) is 22.2. The Kier molecular flexibility index (Phi) is 4.66. The molecule has 0 aliphatic carbocycles. The Morgan fingerprint density at radius 2 is 1.54 bits per heavy atom. The highest BCUT2D eigenvalue weighted by molar-refractivity contribution is 7.89. The Morgan fingerprint density at radius 1 is 0.893 bits per heavy atom. The predicted molar refractivity (Wildman–Crippen MR) is 109 cm³/mol. The van der Waals surface area contributed by atoms with E-state index in [-0.39, 0.29) is 10.6 Å². The highest BCUT2D eigenvalue weighted by Gasteiger charge is 2.37. The fourth-order valence-electron chi connectivity index (χ4n) is 3.21. The van der Waals surface area contributed by atoms with Gasteiger partial charge in [-0.2, -0.15) is 0 Å². The molecule has 1 aliphatic heterocycles. The van der Waals surface area contributed by atoms with Gasteiger partial charge in [-0.25, -0.2) is 8.42 Å². The maximum absolute atomic E-state index is 13.3. The van der Waals surface area contributed by atoms with E-state index in [4.69, 9.17) is 0 Å². The standard InChI is InChI=1S/C22H20N2O3S/c1-16-11-13-17(14-12-16)20-15-21(19-9-5-6-10-22(19)25)24(23-20)28(26,27)18-7-3-2-4-8-18/h2-15,21,23,25H,1H3/t21-/m1/s1. The van der Waals surface area contributed by atoms with Crippen molar-refractivity contribution in [2.45, 2.75) is 17.9 Å². The van der Waals surface area contributed by atoms with E-state index in [1.807, 2.05) is 37.3 Å². The first-order valence-corrected chi connectivity index (χ1v) is 10.3. The zero-order chi connectivity index (χ0) is 19.7. The van der Waals surface area contributed by atoms with Crippen LogP contribution in [0.25, 0.3) is 5.70 Å². The van der Waals surface area contributed by atoms with Gasteiger partial charge in [-0.1, -0.05) is 66.2 Å². The van der Waals surface area contributed by atoms with Crippen LogP contribution in [0.5, 0.6) is 5.75 Å². The van der Waals surface area contributed by atoms with Crippen LogP contribution in [-0.2, 0) is 10.0 Å². The molecule has 142 valence electrons. The largest absolute Gasteiger partial charge is 0.508 e. The number of benzene rings is 3. The summed E-state index contributed by atoms with van der Waals surface area (Å²) in [6.07, 6.45) is 1.82. The summed E-state index contributed by atoms with van der Waals surface area (Å²) < 4.78 is 27.8. The minimum Gasteiger partial charge on any atom is -0.508 e. The maximum atomic E-state index is 13.3. The molecule has 3 aromatic rings. The van der Waals surface area contributed by atoms with Crippen molar-refractivity contribution in [3.63, 3.8) is 0 Å². The van der Waals surface area contributed by atoms with Gasteiger partial charge < -0.3 is 10.5 Å². The summed E-state index contributed by atoms with van der Waals surface area (Å²) in [7, 11) is -3.84. The Labute approximate surface area is 164 Å². The number of hydrogen-bond donors (Lipinski definition) is 2. The molecule has 0 unspecified atom stereocenters. The van der Waals surface area contributed by atoms with Crippen molar-refractivity contribution in [3.05, 3.63) is 102 Å². The van der Waals surface area contributed by atoms with Crippen molar-refractivity contribution >= 4 is 15.7 Å². The van der Waals surface area contributed by atoms with Crippen LogP contribution >= 0.6 is 0 Å². The molecule has 0 radical (unpaired) electrons. The van der Waals surface area contributed by atoms with Crippen LogP contribution in [-0.4, -0.2) is 17.9 Å². The fraction of sp³-hybridized carbons (Fsp3) is 0.0909. The van der Waals surface area contributed by atoms with Gasteiger partial charge in [-0.15, -0.1) is 4.41 Å². The van der Waals surface area contributed by atoms with Gasteiger partial charge in [0.2, 0.25) is 0 Å². The van der Waals surface area contributed by atoms with E-state index < -0.39 is 16.1 Å². The molecule has 1 atom stereocenters. The topological polar surface area (TPSA) is 69.6 Å². The van der Waals surface area contributed by atoms with E-state index in [1.165, 1.54) is 4.41 Å². The average Bonchev–Trinajstić information content (AvgIpc) is 3.15. The Balaban J connectivity index is 1.81. The first-order chi connectivity index (χ1) is 13.5. The molecule has 3 aromatic carbocycles. The minimum absolute atomic E-state index is 0.0453. The normalized spacial score (nSPS) is 17.2. The molecule has 28 heavy (non-hydrogen) atoms. The third-order valence-corrected chi connectivity index (χ3v) is 6.43. The number of aromatic hydroxyl groups is 1. The third-order valence-electron chi connectivity index (χ3n) is 4.73. The van der Waals surface area contributed by atoms with Crippen LogP contribution in [0.1, 0.15) is 22.7 Å². The molecule has 0 saturated heterocycles. The molecule has 5 nitrogen and oxygen atoms in total. The molecule has 1 aliphatic rings. The van der Waals surface area contributed by atoms with Crippen LogP contribution < -0.4 is 5.43 Å². The number of aryl methyl sites for hydroxylation is 1. The minimum atomic E-state index is -3.84. The van der Waals surface area contributed by atoms with Crippen molar-refractivity contribution < 1.29 is 13.5 Å². The van der Waals surface area contributed by atoms with Gasteiger partial charge >= 0.3 is 0 Å². The number of hydrogen-bond acceptors (Lipinski definition) is 4. The molecule has 4 rings (SSSR count). The van der Waals surface area contributed by atoms with Gasteiger partial charge in [0, 0.05) is 5.56 Å². The number of phenols is 1. The lowest BCUT2D eigenvalue weighted by Gasteiger charge is -2.25. The van der Waals surface area contributed by atoms with Crippen molar-refractivity contribution in [1.29, 1.82) is 0 Å². The van der Waals surface area contributed by atoms with Crippen LogP contribution in [0.2, 0.25) is 0 Å². The van der Waals surface area contributed by atoms with E-state index >= 15 is 0 Å². The molecule has 1 heterocycles. The Bertz CT molecular complexity index is 1120. The number of rotatable bonds is 4. The summed E-state index contributed by atoms with van der Waals surface area (Å²) in [5, 5.41) is 10.3. The molecule has 0 aromatic heterocycles. The van der Waals surface area contributed by atoms with E-state index in [9.17, 15) is 13.5 Å². The molecular weight excluding hydrogens is 372 g/mol. The monoisotopic (exact) mass is 392 g/mol. The summed E-state index contributed by atoms with van der Waals surface area (Å²) in [4.78, 5) is 0.182. The van der Waals surface area contributed by atoms with E-state index in [1.54, 1.807) is 54.6 Å². The highest BCUT2D eigenvalue weighted by Crippen LogP contribution is 2.38. The van der Waals surface area contributed by atoms with Gasteiger partial charge in [0.1, 0.15) is 5.75 Å². The van der Waals surface area contributed by atoms with Crippen molar-refractivity contribution in [1.82, 2.24) is 9.84 Å². The second kappa shape index (κ2) is 7.14. The quantitative estimate of drug-likeness (QED) is 0.704. The van der Waals surface area contributed by atoms with Crippen molar-refractivity contribution in [3.8, 4) is 5.75 Å². The highest BCUT2D eigenvalue weighted by atomic mass is 32.2. The van der Waals surface area contributed by atoms with Crippen LogP contribution in [0.4, 0.5) is 0 Å². The summed E-state index contributed by atoms with van der Waals surface area (Å²) in [6.45, 7) is 2.00. The average molecular weight is 392 g/mol. The number of hydrazine groups is 1. The molecule has 0 fully saturated rings. The number of sulfonamides is 1. The van der Waals surface area contributed by atoms with Crippen molar-refractivity contribution in [2.75, 3.05) is 0 Å². The second-order valence-corrected chi connectivity index (χ2v) is 8.49. The summed E-state index contributed by atoms with van der Waals surface area (Å²) in [5.41, 5.74) is 6.21. The number of nitrogens with zero attached hydrogens (tertiary/aromatic N) is 1. The number of para-hydroxylation sites is 1. The van der Waals surface area contributed by atoms with E-state index in [0.29, 0.717) is 11.3 Å². The van der Waals surface area contributed by atoms with Gasteiger partial charge in [-0.3, -0.25) is 0 Å². The Morgan fingerprint density at radius 3 is 2.21 bits per heavy atom. The molecular formula is C22H20N2O3S. The molecule has 0 bridgehead atoms. The first kappa shape index (κ1) is 18.3. The van der Waals surface area contributed by atoms with Gasteiger partial charge in [0.25, 0.3) is 10.0 Å². The second-order valence-electron chi connectivity index (χ2n) is 6.68. The van der Waals surface area contributed by atoms with Crippen LogP contribution in [0, 0.1) is 6.92 Å².